The first kappa shape index (κ1) is 29.4. The van der Waals surface area contributed by atoms with Crippen molar-refractivity contribution in [3.05, 3.63) is 187 Å². The lowest BCUT2D eigenvalue weighted by Gasteiger charge is -2.27. The Hall–Kier alpha value is -5.70. The molecule has 8 aromatic rings. The van der Waals surface area contributed by atoms with Gasteiger partial charge in [0.15, 0.2) is 0 Å². The molecule has 0 atom stereocenters. The van der Waals surface area contributed by atoms with Crippen molar-refractivity contribution in [2.45, 2.75) is 19.3 Å². The second-order valence-electron chi connectivity index (χ2n) is 13.4. The summed E-state index contributed by atoms with van der Waals surface area (Å²) in [6.45, 7) is 4.77. The van der Waals surface area contributed by atoms with E-state index in [0.29, 0.717) is 0 Å². The number of benzene rings is 7. The maximum atomic E-state index is 2.43. The molecule has 1 aliphatic rings. The van der Waals surface area contributed by atoms with E-state index in [-0.39, 0.29) is 5.41 Å². The molecule has 0 saturated carbocycles. The largest absolute Gasteiger partial charge is 0.310 e. The van der Waals surface area contributed by atoms with Crippen molar-refractivity contribution < 1.29 is 0 Å². The number of thiophene rings is 1. The van der Waals surface area contributed by atoms with Gasteiger partial charge in [0, 0.05) is 32.1 Å². The highest BCUT2D eigenvalue weighted by atomic mass is 32.1. The van der Waals surface area contributed by atoms with Gasteiger partial charge < -0.3 is 4.90 Å². The fraction of sp³-hybridized carbons (Fsp3) is 0.0638. The molecule has 0 radical (unpaired) electrons. The topological polar surface area (TPSA) is 3.24 Å². The van der Waals surface area contributed by atoms with Crippen LogP contribution in [0.25, 0.3) is 53.9 Å². The first-order chi connectivity index (χ1) is 24.0. The van der Waals surface area contributed by atoms with Gasteiger partial charge in [0.2, 0.25) is 0 Å². The molecule has 0 fully saturated rings. The quantitative estimate of drug-likeness (QED) is 0.174. The minimum atomic E-state index is -0.0646. The van der Waals surface area contributed by atoms with Crippen LogP contribution >= 0.6 is 11.3 Å². The highest BCUT2D eigenvalue weighted by molar-refractivity contribution is 7.22. The van der Waals surface area contributed by atoms with Gasteiger partial charge in [-0.2, -0.15) is 0 Å². The number of rotatable bonds is 6. The van der Waals surface area contributed by atoms with Gasteiger partial charge in [-0.25, -0.2) is 0 Å². The van der Waals surface area contributed by atoms with Crippen LogP contribution in [-0.4, -0.2) is 0 Å². The molecule has 1 nitrogen and oxygen atoms in total. The average Bonchev–Trinajstić information content (AvgIpc) is 3.66. The van der Waals surface area contributed by atoms with Gasteiger partial charge in [0.05, 0.1) is 0 Å². The van der Waals surface area contributed by atoms with E-state index in [4.69, 9.17) is 0 Å². The molecule has 0 N–H and O–H groups in total. The lowest BCUT2D eigenvalue weighted by molar-refractivity contribution is 0.667. The summed E-state index contributed by atoms with van der Waals surface area (Å²) in [6.07, 6.45) is 0. The molecule has 2 heteroatoms. The second-order valence-corrected chi connectivity index (χ2v) is 14.5. The van der Waals surface area contributed by atoms with Gasteiger partial charge in [-0.15, -0.1) is 11.3 Å². The Labute approximate surface area is 292 Å². The van der Waals surface area contributed by atoms with E-state index in [2.05, 4.69) is 195 Å². The highest BCUT2D eigenvalue weighted by Crippen LogP contribution is 2.56. The Balaban J connectivity index is 1.12. The fourth-order valence-electron chi connectivity index (χ4n) is 7.57. The SMILES string of the molecule is CC1(C)c2cc(-c3cccc(N(c4ccc(-c5ccccc5)cc4)c4ccc(-c5ccccc5)cc4)c3)ccc2-c2sc3ccccc3c21. The van der Waals surface area contributed by atoms with Gasteiger partial charge in [-0.1, -0.05) is 141 Å². The van der Waals surface area contributed by atoms with Crippen LogP contribution in [0.4, 0.5) is 17.1 Å². The molecule has 1 aromatic heterocycles. The van der Waals surface area contributed by atoms with Crippen LogP contribution in [0.15, 0.2) is 176 Å². The summed E-state index contributed by atoms with van der Waals surface area (Å²) in [5.41, 5.74) is 14.9. The zero-order valence-corrected chi connectivity index (χ0v) is 28.4. The highest BCUT2D eigenvalue weighted by Gasteiger charge is 2.38. The third-order valence-corrected chi connectivity index (χ3v) is 11.3. The van der Waals surface area contributed by atoms with E-state index in [0.717, 1.165) is 17.1 Å². The van der Waals surface area contributed by atoms with Crippen molar-refractivity contribution in [2.24, 2.45) is 0 Å². The Bertz CT molecular complexity index is 2350. The van der Waals surface area contributed by atoms with Crippen molar-refractivity contribution in [3.8, 4) is 43.8 Å². The van der Waals surface area contributed by atoms with Gasteiger partial charge in [-0.05, 0) is 104 Å². The minimum absolute atomic E-state index is 0.0646. The summed E-state index contributed by atoms with van der Waals surface area (Å²) in [7, 11) is 0. The van der Waals surface area contributed by atoms with E-state index in [9.17, 15) is 0 Å². The van der Waals surface area contributed by atoms with E-state index in [1.54, 1.807) is 0 Å². The Kier molecular flexibility index (Phi) is 7.07. The number of hydrogen-bond donors (Lipinski definition) is 0. The van der Waals surface area contributed by atoms with Crippen LogP contribution < -0.4 is 4.90 Å². The Morgan fingerprint density at radius 1 is 0.429 bits per heavy atom. The van der Waals surface area contributed by atoms with Crippen molar-refractivity contribution in [1.29, 1.82) is 0 Å². The molecule has 0 amide bonds. The summed E-state index contributed by atoms with van der Waals surface area (Å²) in [4.78, 5) is 3.79. The van der Waals surface area contributed by atoms with Gasteiger partial charge >= 0.3 is 0 Å². The van der Waals surface area contributed by atoms with Gasteiger partial charge in [0.1, 0.15) is 0 Å². The third kappa shape index (κ3) is 5.08. The normalized spacial score (nSPS) is 12.9. The molecule has 49 heavy (non-hydrogen) atoms. The zero-order chi connectivity index (χ0) is 33.0. The summed E-state index contributed by atoms with van der Waals surface area (Å²) < 4.78 is 1.37. The third-order valence-electron chi connectivity index (χ3n) is 10.1. The molecule has 9 rings (SSSR count). The van der Waals surface area contributed by atoms with Gasteiger partial charge in [0.25, 0.3) is 0 Å². The number of nitrogens with zero attached hydrogens (tertiary/aromatic N) is 1. The number of anilines is 3. The molecule has 0 aliphatic heterocycles. The van der Waals surface area contributed by atoms with Crippen LogP contribution in [0.3, 0.4) is 0 Å². The first-order valence-corrected chi connectivity index (χ1v) is 17.7. The van der Waals surface area contributed by atoms with E-state index in [1.165, 1.54) is 65.0 Å². The lowest BCUT2D eigenvalue weighted by atomic mass is 9.80. The molecule has 7 aromatic carbocycles. The van der Waals surface area contributed by atoms with E-state index < -0.39 is 0 Å². The molecular formula is C47H35NS. The van der Waals surface area contributed by atoms with Crippen molar-refractivity contribution in [1.82, 2.24) is 0 Å². The van der Waals surface area contributed by atoms with E-state index in [1.807, 2.05) is 11.3 Å². The van der Waals surface area contributed by atoms with Crippen molar-refractivity contribution in [2.75, 3.05) is 4.90 Å². The smallest absolute Gasteiger partial charge is 0.0467 e. The fourth-order valence-corrected chi connectivity index (χ4v) is 8.97. The molecule has 0 bridgehead atoms. The summed E-state index contributed by atoms with van der Waals surface area (Å²) in [5, 5.41) is 1.39. The molecule has 0 spiro atoms. The molecule has 1 heterocycles. The predicted molar refractivity (Wildman–Crippen MR) is 210 cm³/mol. The number of hydrogen-bond acceptors (Lipinski definition) is 2. The van der Waals surface area contributed by atoms with Crippen molar-refractivity contribution in [3.63, 3.8) is 0 Å². The maximum Gasteiger partial charge on any atom is 0.0467 e. The maximum absolute atomic E-state index is 2.43. The van der Waals surface area contributed by atoms with E-state index >= 15 is 0 Å². The summed E-state index contributed by atoms with van der Waals surface area (Å²) in [5.74, 6) is 0. The molecular weight excluding hydrogens is 611 g/mol. The monoisotopic (exact) mass is 645 g/mol. The van der Waals surface area contributed by atoms with Crippen LogP contribution in [-0.2, 0) is 5.41 Å². The second kappa shape index (κ2) is 11.8. The minimum Gasteiger partial charge on any atom is -0.310 e. The molecule has 0 unspecified atom stereocenters. The summed E-state index contributed by atoms with van der Waals surface area (Å²) >= 11 is 1.93. The predicted octanol–water partition coefficient (Wildman–Crippen LogP) is 13.7. The van der Waals surface area contributed by atoms with Crippen LogP contribution in [0.2, 0.25) is 0 Å². The molecule has 1 aliphatic carbocycles. The average molecular weight is 646 g/mol. The van der Waals surface area contributed by atoms with Crippen LogP contribution in [0, 0.1) is 0 Å². The van der Waals surface area contributed by atoms with Crippen LogP contribution in [0.1, 0.15) is 25.0 Å². The van der Waals surface area contributed by atoms with Gasteiger partial charge in [-0.3, -0.25) is 0 Å². The van der Waals surface area contributed by atoms with Crippen molar-refractivity contribution >= 4 is 38.5 Å². The van der Waals surface area contributed by atoms with Crippen LogP contribution in [0.5, 0.6) is 0 Å². The molecule has 0 saturated heterocycles. The first-order valence-electron chi connectivity index (χ1n) is 16.9. The zero-order valence-electron chi connectivity index (χ0n) is 27.6. The summed E-state index contributed by atoms with van der Waals surface area (Å²) in [6, 6.07) is 64.0. The lowest BCUT2D eigenvalue weighted by Crippen LogP contribution is -2.15. The number of fused-ring (bicyclic) bond motifs is 5. The standard InChI is InChI=1S/C47H35NS/c1-47(2)43-31-37(24-29-41(43)46-45(47)42-18-9-10-19-44(42)49-46)36-16-11-17-40(30-36)48(38-25-20-34(21-26-38)32-12-5-3-6-13-32)39-27-22-35(23-28-39)33-14-7-4-8-15-33/h3-31H,1-2H3. The molecule has 234 valence electrons. The Morgan fingerprint density at radius 2 is 0.939 bits per heavy atom. The Morgan fingerprint density at radius 3 is 1.57 bits per heavy atom.